The molecular weight excluding hydrogens is 334 g/mol. The van der Waals surface area contributed by atoms with Gasteiger partial charge in [-0.3, -0.25) is 9.59 Å². The largest absolute Gasteiger partial charge is 0.475 e. The Kier molecular flexibility index (Phi) is 4.30. The van der Waals surface area contributed by atoms with Crippen LogP contribution >= 0.6 is 0 Å². The number of fused-ring (bicyclic) bond motifs is 2. The van der Waals surface area contributed by atoms with Gasteiger partial charge in [0.05, 0.1) is 6.04 Å². The first-order chi connectivity index (χ1) is 12.7. The molecule has 1 fully saturated rings. The Morgan fingerprint density at radius 1 is 1.23 bits per heavy atom. The summed E-state index contributed by atoms with van der Waals surface area (Å²) in [6.45, 7) is 0.353. The molecule has 0 bridgehead atoms. The van der Waals surface area contributed by atoms with Crippen LogP contribution in [0.15, 0.2) is 35.4 Å². The van der Waals surface area contributed by atoms with Crippen molar-refractivity contribution in [1.29, 1.82) is 0 Å². The summed E-state index contributed by atoms with van der Waals surface area (Å²) in [5, 5.41) is 15.2. The van der Waals surface area contributed by atoms with Crippen LogP contribution in [0.4, 0.5) is 0 Å². The van der Waals surface area contributed by atoms with Crippen molar-refractivity contribution in [3.8, 4) is 5.88 Å². The number of amides is 1. The zero-order valence-corrected chi connectivity index (χ0v) is 14.1. The van der Waals surface area contributed by atoms with E-state index >= 15 is 0 Å². The van der Waals surface area contributed by atoms with Crippen LogP contribution in [0, 0.1) is 0 Å². The predicted octanol–water partition coefficient (Wildman–Crippen LogP) is 1.27. The van der Waals surface area contributed by atoms with Gasteiger partial charge in [0, 0.05) is 36.2 Å². The second-order valence-electron chi connectivity index (χ2n) is 6.47. The summed E-state index contributed by atoms with van der Waals surface area (Å²) < 4.78 is 5.87. The molecular formula is C19H19N3O4. The second-order valence-corrected chi connectivity index (χ2v) is 6.47. The molecule has 1 unspecified atom stereocenters. The molecule has 1 aromatic carbocycles. The van der Waals surface area contributed by atoms with E-state index in [0.29, 0.717) is 30.7 Å². The lowest BCUT2D eigenvalue weighted by molar-refractivity contribution is -0.119. The minimum absolute atomic E-state index is 0.00302. The zero-order chi connectivity index (χ0) is 18.1. The Labute approximate surface area is 149 Å². The molecule has 1 aliphatic heterocycles. The molecule has 0 spiro atoms. The van der Waals surface area contributed by atoms with Gasteiger partial charge in [0.1, 0.15) is 6.61 Å². The van der Waals surface area contributed by atoms with E-state index < -0.39 is 0 Å². The van der Waals surface area contributed by atoms with E-state index in [1.54, 1.807) is 12.4 Å². The molecule has 4 rings (SSSR count). The minimum atomic E-state index is -0.170. The third-order valence-electron chi connectivity index (χ3n) is 4.72. The fourth-order valence-corrected chi connectivity index (χ4v) is 3.38. The van der Waals surface area contributed by atoms with Crippen molar-refractivity contribution in [2.24, 2.45) is 0 Å². The van der Waals surface area contributed by atoms with Crippen LogP contribution < -0.4 is 15.6 Å². The van der Waals surface area contributed by atoms with Gasteiger partial charge in [-0.15, -0.1) is 0 Å². The lowest BCUT2D eigenvalue weighted by atomic mass is 10.0. The predicted molar refractivity (Wildman–Crippen MR) is 97.3 cm³/mol. The number of aromatic amines is 1. The monoisotopic (exact) mass is 353 g/mol. The van der Waals surface area contributed by atoms with Crippen molar-refractivity contribution in [2.45, 2.75) is 25.3 Å². The number of aromatic nitrogens is 2. The van der Waals surface area contributed by atoms with Gasteiger partial charge in [0.25, 0.3) is 5.56 Å². The Morgan fingerprint density at radius 3 is 2.88 bits per heavy atom. The highest BCUT2D eigenvalue weighted by Crippen LogP contribution is 2.29. The zero-order valence-electron chi connectivity index (χ0n) is 14.1. The summed E-state index contributed by atoms with van der Waals surface area (Å²) in [5.74, 6) is 0.518. The van der Waals surface area contributed by atoms with Crippen molar-refractivity contribution < 1.29 is 14.6 Å². The number of nitrogens with zero attached hydrogens (tertiary/aromatic N) is 1. The average Bonchev–Trinajstić information content (AvgIpc) is 3.06. The van der Waals surface area contributed by atoms with E-state index in [1.807, 2.05) is 18.2 Å². The number of aliphatic hydroxyl groups excluding tert-OH is 1. The van der Waals surface area contributed by atoms with Crippen LogP contribution in [-0.4, -0.2) is 40.2 Å². The maximum Gasteiger partial charge on any atom is 0.255 e. The molecule has 7 heteroatoms. The quantitative estimate of drug-likeness (QED) is 0.599. The highest BCUT2D eigenvalue weighted by Gasteiger charge is 2.21. The van der Waals surface area contributed by atoms with Crippen molar-refractivity contribution in [2.75, 3.05) is 13.2 Å². The number of benzene rings is 1. The summed E-state index contributed by atoms with van der Waals surface area (Å²) in [7, 11) is 0. The first-order valence-corrected chi connectivity index (χ1v) is 8.62. The van der Waals surface area contributed by atoms with E-state index in [2.05, 4.69) is 15.3 Å². The van der Waals surface area contributed by atoms with Crippen LogP contribution in [0.25, 0.3) is 21.5 Å². The average molecular weight is 353 g/mol. The summed E-state index contributed by atoms with van der Waals surface area (Å²) in [6.07, 6.45) is 5.00. The molecule has 1 aliphatic rings. The minimum Gasteiger partial charge on any atom is -0.475 e. The summed E-state index contributed by atoms with van der Waals surface area (Å²) in [4.78, 5) is 30.5. The highest BCUT2D eigenvalue weighted by atomic mass is 16.5. The number of carbonyl (C=O) groups excluding carboxylic acids is 1. The summed E-state index contributed by atoms with van der Waals surface area (Å²) in [5.41, 5.74) is 0.693. The number of carbonyl (C=O) groups is 1. The van der Waals surface area contributed by atoms with E-state index in [1.165, 1.54) is 0 Å². The Morgan fingerprint density at radius 2 is 2.12 bits per heavy atom. The number of hydrogen-bond donors (Lipinski definition) is 3. The molecule has 0 saturated carbocycles. The number of nitrogens with one attached hydrogen (secondary N) is 2. The lowest BCUT2D eigenvalue weighted by Gasteiger charge is -2.13. The SMILES string of the molecule is O=C1CCC(COc2nccc3cc4c(=O)[nH]cc(CCO)c4cc23)N1. The van der Waals surface area contributed by atoms with Gasteiger partial charge in [0.2, 0.25) is 11.8 Å². The number of ether oxygens (including phenoxy) is 1. The first-order valence-electron chi connectivity index (χ1n) is 8.62. The van der Waals surface area contributed by atoms with Crippen molar-refractivity contribution in [3.05, 3.63) is 46.5 Å². The number of hydrogen-bond acceptors (Lipinski definition) is 5. The standard InChI is InChI=1S/C19H19N3O4/c23-6-4-12-9-21-18(25)16-7-11-3-5-20-19(15(11)8-14(12)16)26-10-13-1-2-17(24)22-13/h3,5,7-9,13,23H,1-2,4,6,10H2,(H,21,25)(H,22,24). The van der Waals surface area contributed by atoms with Crippen LogP contribution in [0.3, 0.4) is 0 Å². The third kappa shape index (κ3) is 3.01. The molecule has 1 saturated heterocycles. The van der Waals surface area contributed by atoms with E-state index in [4.69, 9.17) is 4.74 Å². The Hall–Kier alpha value is -2.93. The van der Waals surface area contributed by atoms with Crippen LogP contribution in [-0.2, 0) is 11.2 Å². The third-order valence-corrected chi connectivity index (χ3v) is 4.72. The van der Waals surface area contributed by atoms with Gasteiger partial charge in [-0.05, 0) is 47.4 Å². The fourth-order valence-electron chi connectivity index (χ4n) is 3.38. The number of H-pyrrole nitrogens is 1. The van der Waals surface area contributed by atoms with Crippen LogP contribution in [0.1, 0.15) is 18.4 Å². The normalized spacial score (nSPS) is 17.0. The van der Waals surface area contributed by atoms with E-state index in [-0.39, 0.29) is 24.1 Å². The summed E-state index contributed by atoms with van der Waals surface area (Å²) in [6, 6.07) is 5.53. The van der Waals surface area contributed by atoms with E-state index in [9.17, 15) is 14.7 Å². The Balaban J connectivity index is 1.76. The summed E-state index contributed by atoms with van der Waals surface area (Å²) >= 11 is 0. The molecule has 26 heavy (non-hydrogen) atoms. The number of aliphatic hydroxyl groups is 1. The van der Waals surface area contributed by atoms with Crippen molar-refractivity contribution in [1.82, 2.24) is 15.3 Å². The second kappa shape index (κ2) is 6.76. The molecule has 0 radical (unpaired) electrons. The first kappa shape index (κ1) is 16.5. The molecule has 2 aromatic heterocycles. The van der Waals surface area contributed by atoms with E-state index in [0.717, 1.165) is 28.1 Å². The van der Waals surface area contributed by atoms with Gasteiger partial charge >= 0.3 is 0 Å². The maximum absolute atomic E-state index is 12.2. The van der Waals surface area contributed by atoms with Gasteiger partial charge in [-0.2, -0.15) is 0 Å². The van der Waals surface area contributed by atoms with Crippen molar-refractivity contribution >= 4 is 27.5 Å². The van der Waals surface area contributed by atoms with Gasteiger partial charge in [0.15, 0.2) is 0 Å². The molecule has 0 aliphatic carbocycles. The maximum atomic E-state index is 12.2. The fraction of sp³-hybridized carbons (Fsp3) is 0.316. The molecule has 1 amide bonds. The van der Waals surface area contributed by atoms with Crippen molar-refractivity contribution in [3.63, 3.8) is 0 Å². The van der Waals surface area contributed by atoms with Gasteiger partial charge in [-0.25, -0.2) is 4.98 Å². The molecule has 3 N–H and O–H groups in total. The molecule has 3 aromatic rings. The molecule has 1 atom stereocenters. The highest BCUT2D eigenvalue weighted by molar-refractivity contribution is 6.01. The molecule has 134 valence electrons. The number of pyridine rings is 2. The topological polar surface area (TPSA) is 104 Å². The smallest absolute Gasteiger partial charge is 0.255 e. The molecule has 3 heterocycles. The molecule has 7 nitrogen and oxygen atoms in total. The number of rotatable bonds is 5. The lowest BCUT2D eigenvalue weighted by Crippen LogP contribution is -2.31. The Bertz CT molecular complexity index is 1040. The van der Waals surface area contributed by atoms with Gasteiger partial charge < -0.3 is 20.1 Å². The van der Waals surface area contributed by atoms with Crippen LogP contribution in [0.5, 0.6) is 5.88 Å². The van der Waals surface area contributed by atoms with Crippen LogP contribution in [0.2, 0.25) is 0 Å². The van der Waals surface area contributed by atoms with Gasteiger partial charge in [-0.1, -0.05) is 0 Å².